The summed E-state index contributed by atoms with van der Waals surface area (Å²) in [4.78, 5) is 14.0. The van der Waals surface area contributed by atoms with Crippen LogP contribution < -0.4 is 10.5 Å². The summed E-state index contributed by atoms with van der Waals surface area (Å²) in [5.41, 5.74) is 6.46. The minimum absolute atomic E-state index is 0.282. The number of anilines is 1. The zero-order valence-corrected chi connectivity index (χ0v) is 13.5. The SMILES string of the molecule is COc1ccc(C(=O)N2CCSCC2S(C)(=O)=O)c(N)c1. The minimum atomic E-state index is -3.33. The molecule has 1 fully saturated rings. The van der Waals surface area contributed by atoms with E-state index in [1.807, 2.05) is 0 Å². The van der Waals surface area contributed by atoms with Crippen molar-refractivity contribution < 1.29 is 17.9 Å². The van der Waals surface area contributed by atoms with Gasteiger partial charge in [-0.05, 0) is 12.1 Å². The lowest BCUT2D eigenvalue weighted by molar-refractivity contribution is 0.0750. The van der Waals surface area contributed by atoms with E-state index in [2.05, 4.69) is 0 Å². The van der Waals surface area contributed by atoms with Gasteiger partial charge in [-0.1, -0.05) is 0 Å². The fraction of sp³-hybridized carbons (Fsp3) is 0.462. The van der Waals surface area contributed by atoms with Crippen molar-refractivity contribution in [2.24, 2.45) is 0 Å². The standard InChI is InChI=1S/C13H18N2O4S2/c1-19-9-3-4-10(11(14)7-9)13(16)15-5-6-20-8-12(15)21(2,17)18/h3-4,7,12H,5-6,8,14H2,1-2H3. The van der Waals surface area contributed by atoms with Crippen molar-refractivity contribution in [1.82, 2.24) is 4.90 Å². The van der Waals surface area contributed by atoms with Gasteiger partial charge in [0.15, 0.2) is 9.84 Å². The van der Waals surface area contributed by atoms with Crippen molar-refractivity contribution in [2.75, 3.05) is 37.1 Å². The van der Waals surface area contributed by atoms with Crippen LogP contribution in [0.5, 0.6) is 5.75 Å². The average molecular weight is 330 g/mol. The van der Waals surface area contributed by atoms with Crippen LogP contribution in [0.1, 0.15) is 10.4 Å². The van der Waals surface area contributed by atoms with Gasteiger partial charge in [0.1, 0.15) is 11.1 Å². The molecule has 1 saturated heterocycles. The molecule has 6 nitrogen and oxygen atoms in total. The maximum Gasteiger partial charge on any atom is 0.257 e. The van der Waals surface area contributed by atoms with Crippen LogP contribution >= 0.6 is 11.8 Å². The molecule has 21 heavy (non-hydrogen) atoms. The number of methoxy groups -OCH3 is 1. The molecule has 2 rings (SSSR count). The zero-order valence-electron chi connectivity index (χ0n) is 11.9. The quantitative estimate of drug-likeness (QED) is 0.826. The van der Waals surface area contributed by atoms with E-state index in [1.165, 1.54) is 23.8 Å². The maximum atomic E-state index is 12.6. The Bertz CT molecular complexity index is 646. The summed E-state index contributed by atoms with van der Waals surface area (Å²) in [7, 11) is -1.82. The molecule has 116 valence electrons. The topological polar surface area (TPSA) is 89.7 Å². The van der Waals surface area contributed by atoms with Crippen molar-refractivity contribution in [3.63, 3.8) is 0 Å². The van der Waals surface area contributed by atoms with E-state index in [0.29, 0.717) is 29.4 Å². The van der Waals surface area contributed by atoms with Gasteiger partial charge in [-0.2, -0.15) is 11.8 Å². The molecule has 1 aromatic carbocycles. The van der Waals surface area contributed by atoms with Gasteiger partial charge in [-0.3, -0.25) is 4.79 Å². The van der Waals surface area contributed by atoms with E-state index in [-0.39, 0.29) is 11.6 Å². The molecular formula is C13H18N2O4S2. The smallest absolute Gasteiger partial charge is 0.257 e. The lowest BCUT2D eigenvalue weighted by atomic mass is 10.1. The first-order valence-electron chi connectivity index (χ1n) is 6.35. The Kier molecular flexibility index (Phi) is 4.67. The minimum Gasteiger partial charge on any atom is -0.497 e. The second kappa shape index (κ2) is 6.15. The highest BCUT2D eigenvalue weighted by Crippen LogP contribution is 2.26. The van der Waals surface area contributed by atoms with Crippen molar-refractivity contribution >= 4 is 33.2 Å². The molecule has 0 aromatic heterocycles. The zero-order chi connectivity index (χ0) is 15.6. The van der Waals surface area contributed by atoms with Crippen LogP contribution in [0.25, 0.3) is 0 Å². The number of amides is 1. The molecule has 1 aromatic rings. The van der Waals surface area contributed by atoms with Gasteiger partial charge in [0.25, 0.3) is 5.91 Å². The molecule has 8 heteroatoms. The van der Waals surface area contributed by atoms with Crippen LogP contribution in [-0.4, -0.2) is 56.0 Å². The van der Waals surface area contributed by atoms with Crippen molar-refractivity contribution in [2.45, 2.75) is 5.37 Å². The molecule has 0 spiro atoms. The van der Waals surface area contributed by atoms with Gasteiger partial charge in [0.05, 0.1) is 12.7 Å². The molecule has 1 aliphatic rings. The summed E-state index contributed by atoms with van der Waals surface area (Å²) in [5, 5.41) is -0.801. The van der Waals surface area contributed by atoms with Crippen LogP contribution in [0.3, 0.4) is 0 Å². The van der Waals surface area contributed by atoms with E-state index >= 15 is 0 Å². The third-order valence-corrected chi connectivity index (χ3v) is 5.97. The van der Waals surface area contributed by atoms with Gasteiger partial charge >= 0.3 is 0 Å². The van der Waals surface area contributed by atoms with E-state index in [0.717, 1.165) is 6.26 Å². The molecule has 0 aliphatic carbocycles. The van der Waals surface area contributed by atoms with Gasteiger partial charge in [-0.25, -0.2) is 8.42 Å². The summed E-state index contributed by atoms with van der Waals surface area (Å²) in [6, 6.07) is 4.76. The van der Waals surface area contributed by atoms with Crippen molar-refractivity contribution in [1.29, 1.82) is 0 Å². The molecular weight excluding hydrogens is 312 g/mol. The van der Waals surface area contributed by atoms with Gasteiger partial charge in [-0.15, -0.1) is 0 Å². The Hall–Kier alpha value is -1.41. The molecule has 1 amide bonds. The first-order valence-corrected chi connectivity index (χ1v) is 9.46. The molecule has 1 aliphatic heterocycles. The summed E-state index contributed by atoms with van der Waals surface area (Å²) in [6.07, 6.45) is 1.15. The summed E-state index contributed by atoms with van der Waals surface area (Å²) in [5.74, 6) is 1.30. The third-order valence-electron chi connectivity index (χ3n) is 3.33. The van der Waals surface area contributed by atoms with Crippen LogP contribution in [-0.2, 0) is 9.84 Å². The predicted molar refractivity (Wildman–Crippen MR) is 84.4 cm³/mol. The highest BCUT2D eigenvalue weighted by Gasteiger charge is 2.35. The van der Waals surface area contributed by atoms with Crippen molar-refractivity contribution in [3.8, 4) is 5.75 Å². The van der Waals surface area contributed by atoms with E-state index < -0.39 is 15.2 Å². The number of thioether (sulfide) groups is 1. The average Bonchev–Trinajstić information content (AvgIpc) is 2.45. The molecule has 0 radical (unpaired) electrons. The Morgan fingerprint density at radius 2 is 2.19 bits per heavy atom. The number of rotatable bonds is 3. The highest BCUT2D eigenvalue weighted by molar-refractivity contribution is 8.00. The molecule has 0 saturated carbocycles. The summed E-state index contributed by atoms with van der Waals surface area (Å²) in [6.45, 7) is 0.396. The Morgan fingerprint density at radius 1 is 1.48 bits per heavy atom. The number of carbonyl (C=O) groups excluding carboxylic acids is 1. The van der Waals surface area contributed by atoms with E-state index in [4.69, 9.17) is 10.5 Å². The van der Waals surface area contributed by atoms with E-state index in [1.54, 1.807) is 18.2 Å². The van der Waals surface area contributed by atoms with Gasteiger partial charge in [0, 0.05) is 36.1 Å². The molecule has 1 heterocycles. The number of sulfone groups is 1. The molecule has 0 bridgehead atoms. The fourth-order valence-electron chi connectivity index (χ4n) is 2.19. The number of hydrogen-bond acceptors (Lipinski definition) is 6. The fourth-order valence-corrected chi connectivity index (χ4v) is 5.00. The summed E-state index contributed by atoms with van der Waals surface area (Å²) < 4.78 is 28.8. The lowest BCUT2D eigenvalue weighted by Crippen LogP contribution is -2.50. The van der Waals surface area contributed by atoms with E-state index in [9.17, 15) is 13.2 Å². The number of hydrogen-bond donors (Lipinski definition) is 1. The van der Waals surface area contributed by atoms with Crippen LogP contribution in [0, 0.1) is 0 Å². The number of nitrogens with two attached hydrogens (primary N) is 1. The van der Waals surface area contributed by atoms with Crippen LogP contribution in [0.4, 0.5) is 5.69 Å². The second-order valence-electron chi connectivity index (χ2n) is 4.81. The number of carbonyl (C=O) groups is 1. The van der Waals surface area contributed by atoms with Crippen molar-refractivity contribution in [3.05, 3.63) is 23.8 Å². The first-order chi connectivity index (χ1) is 9.84. The monoisotopic (exact) mass is 330 g/mol. The third kappa shape index (κ3) is 3.44. The highest BCUT2D eigenvalue weighted by atomic mass is 32.2. The Labute approximate surface area is 128 Å². The lowest BCUT2D eigenvalue weighted by Gasteiger charge is -2.34. The van der Waals surface area contributed by atoms with Crippen LogP contribution in [0.15, 0.2) is 18.2 Å². The largest absolute Gasteiger partial charge is 0.497 e. The van der Waals surface area contributed by atoms with Crippen LogP contribution in [0.2, 0.25) is 0 Å². The number of benzene rings is 1. The second-order valence-corrected chi connectivity index (χ2v) is 8.16. The maximum absolute atomic E-state index is 12.6. The molecule has 1 atom stereocenters. The Morgan fingerprint density at radius 3 is 2.76 bits per heavy atom. The first kappa shape index (κ1) is 16.0. The number of ether oxygens (including phenoxy) is 1. The van der Waals surface area contributed by atoms with Gasteiger partial charge < -0.3 is 15.4 Å². The molecule has 1 unspecified atom stereocenters. The summed E-state index contributed by atoms with van der Waals surface area (Å²) >= 11 is 1.53. The van der Waals surface area contributed by atoms with Gasteiger partial charge in [0.2, 0.25) is 0 Å². The number of nitrogens with zero attached hydrogens (tertiary/aromatic N) is 1. The number of nitrogen functional groups attached to an aromatic ring is 1. The predicted octanol–water partition coefficient (Wildman–Crippen LogP) is 0.837. The Balaban J connectivity index is 2.33. The normalized spacial score (nSPS) is 19.3. The molecule has 2 N–H and O–H groups in total.